The first kappa shape index (κ1) is 23.7. The molecule has 0 aliphatic heterocycles. The third-order valence-corrected chi connectivity index (χ3v) is 4.53. The second-order valence-electron chi connectivity index (χ2n) is 6.87. The van der Waals surface area contributed by atoms with Crippen LogP contribution in [0.1, 0.15) is 48.3 Å². The molecule has 8 nitrogen and oxygen atoms in total. The topological polar surface area (TPSA) is 102 Å². The second kappa shape index (κ2) is 11.0. The molecule has 0 unspecified atom stereocenters. The average molecular weight is 429 g/mol. The lowest BCUT2D eigenvalue weighted by Gasteiger charge is -2.22. The Morgan fingerprint density at radius 3 is 2.50 bits per heavy atom. The zero-order chi connectivity index (χ0) is 22.1. The molecule has 0 saturated heterocycles. The van der Waals surface area contributed by atoms with E-state index in [2.05, 4.69) is 25.0 Å². The van der Waals surface area contributed by atoms with Gasteiger partial charge < -0.3 is 19.7 Å². The van der Waals surface area contributed by atoms with E-state index < -0.39 is 17.8 Å². The molecule has 0 atom stereocenters. The van der Waals surface area contributed by atoms with Crippen LogP contribution in [0.25, 0.3) is 11.5 Å². The van der Waals surface area contributed by atoms with E-state index in [1.54, 1.807) is 14.2 Å². The quantitative estimate of drug-likeness (QED) is 0.758. The van der Waals surface area contributed by atoms with Gasteiger partial charge in [-0.2, -0.15) is 13.2 Å². The number of amides is 1. The summed E-state index contributed by atoms with van der Waals surface area (Å²) in [7, 11) is 3.17. The number of aryl methyl sites for hydroxylation is 1. The Morgan fingerprint density at radius 2 is 2.00 bits per heavy atom. The minimum Gasteiger partial charge on any atom is -0.394 e. The molecule has 0 bridgehead atoms. The lowest BCUT2D eigenvalue weighted by molar-refractivity contribution is -0.141. The lowest BCUT2D eigenvalue weighted by atomic mass is 9.95. The fourth-order valence-electron chi connectivity index (χ4n) is 2.99. The van der Waals surface area contributed by atoms with Crippen LogP contribution in [0.5, 0.6) is 0 Å². The van der Waals surface area contributed by atoms with Gasteiger partial charge >= 0.3 is 6.18 Å². The van der Waals surface area contributed by atoms with E-state index in [4.69, 9.17) is 5.11 Å². The van der Waals surface area contributed by atoms with E-state index >= 15 is 0 Å². The predicted octanol–water partition coefficient (Wildman–Crippen LogP) is 2.58. The van der Waals surface area contributed by atoms with Gasteiger partial charge in [-0.15, -0.1) is 0 Å². The van der Waals surface area contributed by atoms with Gasteiger partial charge in [0, 0.05) is 26.3 Å². The van der Waals surface area contributed by atoms with Gasteiger partial charge in [-0.3, -0.25) is 4.79 Å². The molecule has 2 aromatic rings. The Morgan fingerprint density at radius 1 is 1.30 bits per heavy atom. The molecular formula is C19H26F3N5O3. The monoisotopic (exact) mass is 429 g/mol. The highest BCUT2D eigenvalue weighted by Gasteiger charge is 2.35. The molecule has 2 N–H and O–H groups in total. The maximum atomic E-state index is 13.2. The molecule has 2 aromatic heterocycles. The van der Waals surface area contributed by atoms with Crippen molar-refractivity contribution in [3.05, 3.63) is 30.0 Å². The zero-order valence-corrected chi connectivity index (χ0v) is 16.9. The molecule has 3 rings (SSSR count). The van der Waals surface area contributed by atoms with Crippen LogP contribution in [0.2, 0.25) is 0 Å². The number of nitrogens with zero attached hydrogens (tertiary/aromatic N) is 4. The third-order valence-electron chi connectivity index (χ3n) is 4.53. The maximum absolute atomic E-state index is 13.2. The number of carbonyl (C=O) groups excluding carboxylic acids is 1. The molecule has 11 heteroatoms. The summed E-state index contributed by atoms with van der Waals surface area (Å²) in [6.07, 6.45) is 2.90. The minimum atomic E-state index is -4.67. The zero-order valence-electron chi connectivity index (χ0n) is 16.9. The Bertz CT molecular complexity index is 818. The van der Waals surface area contributed by atoms with Crippen LogP contribution in [-0.2, 0) is 18.0 Å². The van der Waals surface area contributed by atoms with Crippen molar-refractivity contribution in [3.63, 3.8) is 0 Å². The summed E-state index contributed by atoms with van der Waals surface area (Å²) >= 11 is 0. The van der Waals surface area contributed by atoms with Crippen molar-refractivity contribution in [2.24, 2.45) is 7.05 Å². The highest BCUT2D eigenvalue weighted by Crippen LogP contribution is 2.29. The summed E-state index contributed by atoms with van der Waals surface area (Å²) in [4.78, 5) is 23.9. The number of nitrogens with one attached hydrogen (secondary N) is 1. The number of carbonyl (C=O) groups is 1. The van der Waals surface area contributed by atoms with Gasteiger partial charge in [-0.1, -0.05) is 19.3 Å². The van der Waals surface area contributed by atoms with E-state index in [1.807, 2.05) is 0 Å². The van der Waals surface area contributed by atoms with Crippen molar-refractivity contribution in [2.75, 3.05) is 20.3 Å². The van der Waals surface area contributed by atoms with Crippen LogP contribution in [0.15, 0.2) is 18.6 Å². The summed E-state index contributed by atoms with van der Waals surface area (Å²) in [6.45, 7) is 0.566. The van der Waals surface area contributed by atoms with Crippen LogP contribution in [-0.4, -0.2) is 56.9 Å². The lowest BCUT2D eigenvalue weighted by Crippen LogP contribution is -2.36. The summed E-state index contributed by atoms with van der Waals surface area (Å²) in [6, 6.07) is 0.670. The Kier molecular flexibility index (Phi) is 8.72. The number of hydrogen-bond donors (Lipinski definition) is 2. The van der Waals surface area contributed by atoms with Gasteiger partial charge in [-0.25, -0.2) is 15.0 Å². The molecule has 0 radical (unpaired) electrons. The number of methoxy groups -OCH3 is 1. The number of aliphatic hydroxyl groups excluding tert-OH is 1. The predicted molar refractivity (Wildman–Crippen MR) is 103 cm³/mol. The van der Waals surface area contributed by atoms with E-state index in [0.717, 1.165) is 32.1 Å². The first-order chi connectivity index (χ1) is 14.3. The minimum absolute atomic E-state index is 0.0225. The standard InChI is InChI=1S/C16H18F3N5O.C3H8O2/c1-24-9-20-8-12(24)14-22-11(7-13(23-14)16(17,18)19)15(25)21-10-5-3-2-4-6-10;1-5-3-2-4/h7-10H,2-6H2,1H3,(H,21,25);4H,2-3H2,1H3. The summed E-state index contributed by atoms with van der Waals surface area (Å²) < 4.78 is 45.4. The van der Waals surface area contributed by atoms with Gasteiger partial charge in [0.15, 0.2) is 5.82 Å². The van der Waals surface area contributed by atoms with Crippen LogP contribution in [0.3, 0.4) is 0 Å². The van der Waals surface area contributed by atoms with Crippen molar-refractivity contribution in [1.29, 1.82) is 0 Å². The largest absolute Gasteiger partial charge is 0.433 e. The van der Waals surface area contributed by atoms with Gasteiger partial charge in [-0.05, 0) is 12.8 Å². The highest BCUT2D eigenvalue weighted by atomic mass is 19.4. The maximum Gasteiger partial charge on any atom is 0.433 e. The first-order valence-corrected chi connectivity index (χ1v) is 9.60. The summed E-state index contributed by atoms with van der Waals surface area (Å²) in [5, 5.41) is 10.7. The van der Waals surface area contributed by atoms with Crippen molar-refractivity contribution in [1.82, 2.24) is 24.8 Å². The van der Waals surface area contributed by atoms with Crippen molar-refractivity contribution >= 4 is 5.91 Å². The van der Waals surface area contributed by atoms with Crippen LogP contribution >= 0.6 is 0 Å². The normalized spacial score (nSPS) is 14.7. The molecule has 1 amide bonds. The Hall–Kier alpha value is -2.53. The fraction of sp³-hybridized carbons (Fsp3) is 0.579. The number of aromatic nitrogens is 4. The number of halogens is 3. The van der Waals surface area contributed by atoms with Crippen LogP contribution in [0.4, 0.5) is 13.2 Å². The van der Waals surface area contributed by atoms with E-state index in [-0.39, 0.29) is 24.2 Å². The Labute approximate surface area is 172 Å². The number of aliphatic hydroxyl groups is 1. The average Bonchev–Trinajstić information content (AvgIpc) is 3.15. The smallest absolute Gasteiger partial charge is 0.394 e. The molecule has 0 spiro atoms. The van der Waals surface area contributed by atoms with Crippen LogP contribution in [0, 0.1) is 0 Å². The van der Waals surface area contributed by atoms with E-state index in [9.17, 15) is 18.0 Å². The first-order valence-electron chi connectivity index (χ1n) is 9.60. The molecule has 30 heavy (non-hydrogen) atoms. The van der Waals surface area contributed by atoms with Crippen LogP contribution < -0.4 is 5.32 Å². The fourth-order valence-corrected chi connectivity index (χ4v) is 2.99. The van der Waals surface area contributed by atoms with Gasteiger partial charge in [0.2, 0.25) is 0 Å². The Balaban J connectivity index is 0.000000575. The molecule has 2 heterocycles. The molecule has 1 aliphatic rings. The molecule has 166 valence electrons. The van der Waals surface area contributed by atoms with Gasteiger partial charge in [0.05, 0.1) is 25.7 Å². The molecule has 1 saturated carbocycles. The number of ether oxygens (including phenoxy) is 1. The number of rotatable bonds is 5. The van der Waals surface area contributed by atoms with Crippen molar-refractivity contribution in [3.8, 4) is 11.5 Å². The molecule has 0 aromatic carbocycles. The van der Waals surface area contributed by atoms with Gasteiger partial charge in [0.25, 0.3) is 5.91 Å². The number of hydrogen-bond acceptors (Lipinski definition) is 6. The number of imidazole rings is 1. The summed E-state index contributed by atoms with van der Waals surface area (Å²) in [5.74, 6) is -0.785. The van der Waals surface area contributed by atoms with E-state index in [1.165, 1.54) is 17.1 Å². The highest BCUT2D eigenvalue weighted by molar-refractivity contribution is 5.93. The number of alkyl halides is 3. The third kappa shape index (κ3) is 6.77. The molecular weight excluding hydrogens is 403 g/mol. The molecule has 1 fully saturated rings. The SMILES string of the molecule is COCCO.Cn1cncc1-c1nc(C(=O)NC2CCCCC2)cc(C(F)(F)F)n1. The van der Waals surface area contributed by atoms with Crippen molar-refractivity contribution < 1.29 is 27.8 Å². The second-order valence-corrected chi connectivity index (χ2v) is 6.87. The van der Waals surface area contributed by atoms with Gasteiger partial charge in [0.1, 0.15) is 17.1 Å². The molecule has 1 aliphatic carbocycles. The summed E-state index contributed by atoms with van der Waals surface area (Å²) in [5.41, 5.74) is -1.13. The van der Waals surface area contributed by atoms with E-state index in [0.29, 0.717) is 18.4 Å². The van der Waals surface area contributed by atoms with Crippen molar-refractivity contribution in [2.45, 2.75) is 44.3 Å².